The van der Waals surface area contributed by atoms with E-state index >= 15 is 0 Å². The molecule has 160 valence electrons. The van der Waals surface area contributed by atoms with Gasteiger partial charge in [0.25, 0.3) is 5.91 Å². The lowest BCUT2D eigenvalue weighted by Gasteiger charge is -2.39. The van der Waals surface area contributed by atoms with Crippen molar-refractivity contribution in [3.8, 4) is 0 Å². The van der Waals surface area contributed by atoms with E-state index in [1.54, 1.807) is 25.1 Å². The van der Waals surface area contributed by atoms with Gasteiger partial charge in [-0.25, -0.2) is 8.78 Å². The number of nitrogens with one attached hydrogen (secondary N) is 2. The van der Waals surface area contributed by atoms with Crippen molar-refractivity contribution in [2.45, 2.75) is 39.5 Å². The molecule has 1 amide bonds. The van der Waals surface area contributed by atoms with Crippen LogP contribution in [0.3, 0.4) is 0 Å². The summed E-state index contributed by atoms with van der Waals surface area (Å²) in [5.74, 6) is -1.95. The number of allylic oxidation sites excluding steroid dienone is 3. The number of hydrogen-bond donors (Lipinski definition) is 2. The zero-order valence-electron chi connectivity index (χ0n) is 17.7. The van der Waals surface area contributed by atoms with Crippen LogP contribution in [0.4, 0.5) is 14.5 Å². The molecular weight excluding hydrogens is 398 g/mol. The maximum absolute atomic E-state index is 13.6. The minimum absolute atomic E-state index is 0.0309. The standard InChI is InChI=1S/C25H24F2N2O2/c1-14-21(24(31)29-18-6-4-5-17(27)11-18)22(15-7-9-16(26)10-8-15)23-19(28-14)12-25(2,3)13-20(23)30/h4-11,22,28H,12-13H2,1-3H3,(H,29,31). The quantitative estimate of drug-likeness (QED) is 0.714. The summed E-state index contributed by atoms with van der Waals surface area (Å²) < 4.78 is 27.2. The SMILES string of the molecule is CC1=C(C(=O)Nc2cccc(F)c2)C(c2ccc(F)cc2)C2=C(CC(C)(C)CC2=O)N1. The molecule has 0 radical (unpaired) electrons. The lowest BCUT2D eigenvalue weighted by Crippen LogP contribution is -2.39. The van der Waals surface area contributed by atoms with Gasteiger partial charge in [0.2, 0.25) is 0 Å². The molecule has 0 saturated carbocycles. The van der Waals surface area contributed by atoms with Crippen LogP contribution in [0.15, 0.2) is 71.1 Å². The van der Waals surface area contributed by atoms with E-state index in [0.717, 1.165) is 5.70 Å². The Balaban J connectivity index is 1.80. The third-order valence-electron chi connectivity index (χ3n) is 5.77. The van der Waals surface area contributed by atoms with Crippen molar-refractivity contribution in [2.24, 2.45) is 5.41 Å². The Morgan fingerprint density at radius 3 is 2.45 bits per heavy atom. The molecule has 0 fully saturated rings. The molecule has 1 aliphatic carbocycles. The van der Waals surface area contributed by atoms with Gasteiger partial charge in [0, 0.05) is 40.6 Å². The molecule has 4 nitrogen and oxygen atoms in total. The molecule has 31 heavy (non-hydrogen) atoms. The van der Waals surface area contributed by atoms with Crippen LogP contribution in [-0.4, -0.2) is 11.7 Å². The number of ketones is 1. The van der Waals surface area contributed by atoms with Gasteiger partial charge in [-0.15, -0.1) is 0 Å². The first-order valence-corrected chi connectivity index (χ1v) is 10.2. The first kappa shape index (κ1) is 21.0. The second-order valence-corrected chi connectivity index (χ2v) is 8.95. The fourth-order valence-electron chi connectivity index (χ4n) is 4.49. The lowest BCUT2D eigenvalue weighted by molar-refractivity contribution is -0.118. The number of benzene rings is 2. The topological polar surface area (TPSA) is 58.2 Å². The molecular formula is C25H24F2N2O2. The fraction of sp³-hybridized carbons (Fsp3) is 0.280. The van der Waals surface area contributed by atoms with Gasteiger partial charge < -0.3 is 10.6 Å². The molecule has 1 unspecified atom stereocenters. The van der Waals surface area contributed by atoms with Crippen LogP contribution >= 0.6 is 0 Å². The van der Waals surface area contributed by atoms with Crippen molar-refractivity contribution in [1.29, 1.82) is 0 Å². The monoisotopic (exact) mass is 422 g/mol. The van der Waals surface area contributed by atoms with Gasteiger partial charge in [-0.3, -0.25) is 9.59 Å². The third kappa shape index (κ3) is 4.15. The van der Waals surface area contributed by atoms with E-state index in [9.17, 15) is 18.4 Å². The molecule has 2 aromatic rings. The summed E-state index contributed by atoms with van der Waals surface area (Å²) in [6, 6.07) is 11.5. The Labute approximate surface area is 180 Å². The number of amides is 1. The van der Waals surface area contributed by atoms with Gasteiger partial charge in [-0.05, 0) is 54.7 Å². The molecule has 6 heteroatoms. The lowest BCUT2D eigenvalue weighted by atomic mass is 9.68. The number of carbonyl (C=O) groups is 2. The molecule has 1 heterocycles. The molecule has 2 aliphatic rings. The summed E-state index contributed by atoms with van der Waals surface area (Å²) in [5.41, 5.74) is 3.11. The zero-order valence-corrected chi connectivity index (χ0v) is 17.7. The maximum Gasteiger partial charge on any atom is 0.254 e. The van der Waals surface area contributed by atoms with Crippen LogP contribution in [0.25, 0.3) is 0 Å². The molecule has 1 atom stereocenters. The van der Waals surface area contributed by atoms with Crippen molar-refractivity contribution in [1.82, 2.24) is 5.32 Å². The van der Waals surface area contributed by atoms with Gasteiger partial charge >= 0.3 is 0 Å². The molecule has 2 aromatic carbocycles. The summed E-state index contributed by atoms with van der Waals surface area (Å²) >= 11 is 0. The number of anilines is 1. The first-order valence-electron chi connectivity index (χ1n) is 10.2. The first-order chi connectivity index (χ1) is 14.6. The van der Waals surface area contributed by atoms with Gasteiger partial charge in [0.15, 0.2) is 5.78 Å². The van der Waals surface area contributed by atoms with Crippen molar-refractivity contribution >= 4 is 17.4 Å². The van der Waals surface area contributed by atoms with Gasteiger partial charge in [0.1, 0.15) is 11.6 Å². The van der Waals surface area contributed by atoms with Crippen LogP contribution < -0.4 is 10.6 Å². The highest BCUT2D eigenvalue weighted by atomic mass is 19.1. The smallest absolute Gasteiger partial charge is 0.254 e. The Morgan fingerprint density at radius 1 is 1.06 bits per heavy atom. The van der Waals surface area contributed by atoms with Gasteiger partial charge in [0.05, 0.1) is 0 Å². The normalized spacial score (nSPS) is 20.3. The molecule has 0 bridgehead atoms. The molecule has 0 saturated heterocycles. The molecule has 0 aromatic heterocycles. The summed E-state index contributed by atoms with van der Waals surface area (Å²) in [5, 5.41) is 6.01. The van der Waals surface area contributed by atoms with E-state index in [4.69, 9.17) is 0 Å². The van der Waals surface area contributed by atoms with Crippen LogP contribution in [0.5, 0.6) is 0 Å². The van der Waals surface area contributed by atoms with Crippen LogP contribution in [0.1, 0.15) is 45.1 Å². The van der Waals surface area contributed by atoms with Crippen LogP contribution in [0.2, 0.25) is 0 Å². The molecule has 2 N–H and O–H groups in total. The predicted octanol–water partition coefficient (Wildman–Crippen LogP) is 5.21. The van der Waals surface area contributed by atoms with Crippen LogP contribution in [0, 0.1) is 17.0 Å². The van der Waals surface area contributed by atoms with E-state index in [0.29, 0.717) is 40.9 Å². The van der Waals surface area contributed by atoms with Crippen LogP contribution in [-0.2, 0) is 9.59 Å². The van der Waals surface area contributed by atoms with Crippen molar-refractivity contribution in [3.63, 3.8) is 0 Å². The maximum atomic E-state index is 13.6. The molecule has 0 spiro atoms. The van der Waals surface area contributed by atoms with E-state index < -0.39 is 23.5 Å². The minimum atomic E-state index is -0.631. The van der Waals surface area contributed by atoms with E-state index in [2.05, 4.69) is 10.6 Å². The number of carbonyl (C=O) groups excluding carboxylic acids is 2. The number of hydrogen-bond acceptors (Lipinski definition) is 3. The number of rotatable bonds is 3. The minimum Gasteiger partial charge on any atom is -0.362 e. The highest BCUT2D eigenvalue weighted by molar-refractivity contribution is 6.09. The summed E-state index contributed by atoms with van der Waals surface area (Å²) in [4.78, 5) is 26.5. The number of dihydropyridines is 1. The van der Waals surface area contributed by atoms with E-state index in [-0.39, 0.29) is 11.2 Å². The Morgan fingerprint density at radius 2 is 1.77 bits per heavy atom. The average molecular weight is 422 g/mol. The highest BCUT2D eigenvalue weighted by Gasteiger charge is 2.42. The Bertz CT molecular complexity index is 1130. The Kier molecular flexibility index (Phi) is 5.25. The second kappa shape index (κ2) is 7.76. The average Bonchev–Trinajstić information content (AvgIpc) is 2.66. The fourth-order valence-corrected chi connectivity index (χ4v) is 4.49. The van der Waals surface area contributed by atoms with Gasteiger partial charge in [-0.1, -0.05) is 32.0 Å². The molecule has 4 rings (SSSR count). The van der Waals surface area contributed by atoms with Gasteiger partial charge in [-0.2, -0.15) is 0 Å². The largest absolute Gasteiger partial charge is 0.362 e. The van der Waals surface area contributed by atoms with Crippen molar-refractivity contribution in [3.05, 3.63) is 88.3 Å². The summed E-state index contributed by atoms with van der Waals surface area (Å²) in [6.45, 7) is 5.86. The van der Waals surface area contributed by atoms with Crippen molar-refractivity contribution in [2.75, 3.05) is 5.32 Å². The Hall–Kier alpha value is -3.28. The summed E-state index contributed by atoms with van der Waals surface area (Å²) in [7, 11) is 0. The number of halogens is 2. The van der Waals surface area contributed by atoms with E-state index in [1.807, 2.05) is 13.8 Å². The second-order valence-electron chi connectivity index (χ2n) is 8.95. The van der Waals surface area contributed by atoms with E-state index in [1.165, 1.54) is 30.3 Å². The zero-order chi connectivity index (χ0) is 22.3. The molecule has 1 aliphatic heterocycles. The number of Topliss-reactive ketones (excluding diaryl/α,β-unsaturated/α-hetero) is 1. The summed E-state index contributed by atoms with van der Waals surface area (Å²) in [6.07, 6.45) is 1.03. The third-order valence-corrected chi connectivity index (χ3v) is 5.77. The predicted molar refractivity (Wildman–Crippen MR) is 115 cm³/mol. The van der Waals surface area contributed by atoms with Crippen molar-refractivity contribution < 1.29 is 18.4 Å². The highest BCUT2D eigenvalue weighted by Crippen LogP contribution is 2.46.